The summed E-state index contributed by atoms with van der Waals surface area (Å²) in [6, 6.07) is 13.4. The van der Waals surface area contributed by atoms with Crippen LogP contribution in [0.15, 0.2) is 59.1 Å². The lowest BCUT2D eigenvalue weighted by Gasteiger charge is -2.14. The standard InChI is InChI=1S/C24H23F2N5O2/c1-24(2,3)19-14-20(31(29-19)18-10-8-17(26)9-11-18)27-21(32)12-13-22-28-23(30-33-22)15-4-6-16(25)7-5-15/h4-11,14H,12-13H2,1-3H3,(H,27,32). The molecule has 0 saturated heterocycles. The van der Waals surface area contributed by atoms with E-state index in [4.69, 9.17) is 4.52 Å². The predicted octanol–water partition coefficient (Wildman–Crippen LogP) is 5.07. The topological polar surface area (TPSA) is 85.8 Å². The number of aromatic nitrogens is 4. The number of nitrogens with zero attached hydrogens (tertiary/aromatic N) is 4. The first-order chi connectivity index (χ1) is 15.7. The molecule has 0 spiro atoms. The van der Waals surface area contributed by atoms with Crippen molar-refractivity contribution in [3.05, 3.63) is 77.8 Å². The molecule has 2 heterocycles. The average molecular weight is 451 g/mol. The lowest BCUT2D eigenvalue weighted by atomic mass is 9.92. The lowest BCUT2D eigenvalue weighted by Crippen LogP contribution is -2.15. The van der Waals surface area contributed by atoms with Crippen molar-refractivity contribution in [2.75, 3.05) is 5.32 Å². The maximum atomic E-state index is 13.4. The quantitative estimate of drug-likeness (QED) is 0.442. The fraction of sp³-hybridized carbons (Fsp3) is 0.250. The van der Waals surface area contributed by atoms with E-state index in [2.05, 4.69) is 20.6 Å². The van der Waals surface area contributed by atoms with E-state index < -0.39 is 0 Å². The van der Waals surface area contributed by atoms with Crippen molar-refractivity contribution in [3.8, 4) is 17.1 Å². The van der Waals surface area contributed by atoms with Crippen LogP contribution in [0.4, 0.5) is 14.6 Å². The largest absolute Gasteiger partial charge is 0.339 e. The highest BCUT2D eigenvalue weighted by Gasteiger charge is 2.22. The molecule has 0 fully saturated rings. The molecule has 0 bridgehead atoms. The molecule has 9 heteroatoms. The van der Waals surface area contributed by atoms with Crippen molar-refractivity contribution in [2.24, 2.45) is 0 Å². The zero-order valence-corrected chi connectivity index (χ0v) is 18.5. The van der Waals surface area contributed by atoms with Gasteiger partial charge >= 0.3 is 0 Å². The van der Waals surface area contributed by atoms with Crippen LogP contribution in [0.5, 0.6) is 0 Å². The molecule has 2 aromatic heterocycles. The van der Waals surface area contributed by atoms with E-state index in [-0.39, 0.29) is 35.8 Å². The van der Waals surface area contributed by atoms with Crippen LogP contribution in [0, 0.1) is 11.6 Å². The monoisotopic (exact) mass is 451 g/mol. The number of aryl methyl sites for hydroxylation is 1. The molecule has 0 aliphatic carbocycles. The summed E-state index contributed by atoms with van der Waals surface area (Å²) in [6.45, 7) is 6.05. The maximum absolute atomic E-state index is 13.4. The molecule has 0 aliphatic rings. The van der Waals surface area contributed by atoms with E-state index >= 15 is 0 Å². The first-order valence-electron chi connectivity index (χ1n) is 10.4. The maximum Gasteiger partial charge on any atom is 0.227 e. The third-order valence-corrected chi connectivity index (χ3v) is 4.95. The number of amides is 1. The van der Waals surface area contributed by atoms with Gasteiger partial charge in [0.15, 0.2) is 0 Å². The van der Waals surface area contributed by atoms with Crippen LogP contribution < -0.4 is 5.32 Å². The van der Waals surface area contributed by atoms with Crippen LogP contribution in [0.1, 0.15) is 38.8 Å². The third-order valence-electron chi connectivity index (χ3n) is 4.95. The summed E-state index contributed by atoms with van der Waals surface area (Å²) in [5.74, 6) is 0.136. The molecule has 4 rings (SSSR count). The first-order valence-corrected chi connectivity index (χ1v) is 10.4. The van der Waals surface area contributed by atoms with Gasteiger partial charge in [-0.3, -0.25) is 4.79 Å². The molecule has 7 nitrogen and oxygen atoms in total. The zero-order chi connectivity index (χ0) is 23.6. The fourth-order valence-electron chi connectivity index (χ4n) is 3.11. The molecule has 0 unspecified atom stereocenters. The van der Waals surface area contributed by atoms with Crippen molar-refractivity contribution < 1.29 is 18.1 Å². The van der Waals surface area contributed by atoms with E-state index in [1.807, 2.05) is 20.8 Å². The van der Waals surface area contributed by atoms with Gasteiger partial charge in [-0.15, -0.1) is 0 Å². The van der Waals surface area contributed by atoms with Crippen LogP contribution in [0.3, 0.4) is 0 Å². The SMILES string of the molecule is CC(C)(C)c1cc(NC(=O)CCc2nc(-c3ccc(F)cc3)no2)n(-c2ccc(F)cc2)n1. The smallest absolute Gasteiger partial charge is 0.227 e. The molecular weight excluding hydrogens is 428 g/mol. The van der Waals surface area contributed by atoms with Crippen LogP contribution in [-0.4, -0.2) is 25.8 Å². The van der Waals surface area contributed by atoms with Gasteiger partial charge in [0.05, 0.1) is 11.4 Å². The summed E-state index contributed by atoms with van der Waals surface area (Å²) in [4.78, 5) is 16.9. The number of nitrogens with one attached hydrogen (secondary N) is 1. The summed E-state index contributed by atoms with van der Waals surface area (Å²) in [5.41, 5.74) is 1.78. The average Bonchev–Trinajstić information content (AvgIpc) is 3.41. The normalized spacial score (nSPS) is 11.5. The van der Waals surface area contributed by atoms with Gasteiger partial charge in [-0.05, 0) is 48.5 Å². The van der Waals surface area contributed by atoms with Crippen molar-refractivity contribution in [1.29, 1.82) is 0 Å². The Kier molecular flexibility index (Phi) is 6.04. The number of hydrogen-bond donors (Lipinski definition) is 1. The fourth-order valence-corrected chi connectivity index (χ4v) is 3.11. The molecule has 1 N–H and O–H groups in total. The van der Waals surface area contributed by atoms with Gasteiger partial charge in [-0.25, -0.2) is 13.5 Å². The van der Waals surface area contributed by atoms with Gasteiger partial charge in [0.25, 0.3) is 0 Å². The minimum absolute atomic E-state index is 0.102. The Morgan fingerprint density at radius 1 is 1.03 bits per heavy atom. The Morgan fingerprint density at radius 3 is 2.30 bits per heavy atom. The molecular formula is C24H23F2N5O2. The van der Waals surface area contributed by atoms with Crippen molar-refractivity contribution in [2.45, 2.75) is 39.0 Å². The number of rotatable bonds is 6. The number of anilines is 1. The Labute approximate surface area is 189 Å². The molecule has 0 atom stereocenters. The van der Waals surface area contributed by atoms with Crippen molar-refractivity contribution >= 4 is 11.7 Å². The van der Waals surface area contributed by atoms with E-state index in [1.165, 1.54) is 24.3 Å². The lowest BCUT2D eigenvalue weighted by molar-refractivity contribution is -0.116. The van der Waals surface area contributed by atoms with E-state index in [0.717, 1.165) is 5.69 Å². The van der Waals surface area contributed by atoms with Crippen LogP contribution in [0.2, 0.25) is 0 Å². The molecule has 2 aromatic carbocycles. The molecule has 0 radical (unpaired) electrons. The Bertz CT molecular complexity index is 1260. The van der Waals surface area contributed by atoms with Gasteiger partial charge in [-0.1, -0.05) is 25.9 Å². The summed E-state index contributed by atoms with van der Waals surface area (Å²) in [7, 11) is 0. The second-order valence-corrected chi connectivity index (χ2v) is 8.62. The molecule has 170 valence electrons. The highest BCUT2D eigenvalue weighted by Crippen LogP contribution is 2.26. The zero-order valence-electron chi connectivity index (χ0n) is 18.5. The predicted molar refractivity (Wildman–Crippen MR) is 119 cm³/mol. The highest BCUT2D eigenvalue weighted by molar-refractivity contribution is 5.90. The number of carbonyl (C=O) groups is 1. The van der Waals surface area contributed by atoms with Crippen LogP contribution >= 0.6 is 0 Å². The van der Waals surface area contributed by atoms with E-state index in [1.54, 1.807) is 35.0 Å². The Hall–Kier alpha value is -3.88. The van der Waals surface area contributed by atoms with E-state index in [0.29, 0.717) is 28.8 Å². The molecule has 1 amide bonds. The van der Waals surface area contributed by atoms with Gasteiger partial charge < -0.3 is 9.84 Å². The molecule has 0 aliphatic heterocycles. The van der Waals surface area contributed by atoms with Crippen molar-refractivity contribution in [1.82, 2.24) is 19.9 Å². The summed E-state index contributed by atoms with van der Waals surface area (Å²) in [5, 5.41) is 11.4. The molecule has 4 aromatic rings. The third kappa shape index (κ3) is 5.31. The minimum atomic E-state index is -0.355. The molecule has 0 saturated carbocycles. The highest BCUT2D eigenvalue weighted by atomic mass is 19.1. The second kappa shape index (κ2) is 8.93. The van der Waals surface area contributed by atoms with Gasteiger partial charge in [-0.2, -0.15) is 10.1 Å². The summed E-state index contributed by atoms with van der Waals surface area (Å²) in [6.07, 6.45) is 0.335. The van der Waals surface area contributed by atoms with Crippen LogP contribution in [0.25, 0.3) is 17.1 Å². The second-order valence-electron chi connectivity index (χ2n) is 8.62. The number of hydrogen-bond acceptors (Lipinski definition) is 5. The van der Waals surface area contributed by atoms with Gasteiger partial charge in [0.2, 0.25) is 17.6 Å². The minimum Gasteiger partial charge on any atom is -0.339 e. The summed E-state index contributed by atoms with van der Waals surface area (Å²) < 4.78 is 33.2. The van der Waals surface area contributed by atoms with E-state index in [9.17, 15) is 13.6 Å². The van der Waals surface area contributed by atoms with Crippen LogP contribution in [-0.2, 0) is 16.6 Å². The van der Waals surface area contributed by atoms with Gasteiger partial charge in [0, 0.05) is 29.9 Å². The number of carbonyl (C=O) groups excluding carboxylic acids is 1. The van der Waals surface area contributed by atoms with Gasteiger partial charge in [0.1, 0.15) is 17.5 Å². The summed E-state index contributed by atoms with van der Waals surface area (Å²) >= 11 is 0. The van der Waals surface area contributed by atoms with Crippen molar-refractivity contribution in [3.63, 3.8) is 0 Å². The Morgan fingerprint density at radius 2 is 1.67 bits per heavy atom. The Balaban J connectivity index is 1.46. The number of benzene rings is 2. The molecule has 33 heavy (non-hydrogen) atoms. The first kappa shape index (κ1) is 22.3. The number of halogens is 2.